The van der Waals surface area contributed by atoms with E-state index in [2.05, 4.69) is 57.2 Å². The van der Waals surface area contributed by atoms with E-state index in [1.165, 1.54) is 5.01 Å². The molecule has 204 valence electrons. The van der Waals surface area contributed by atoms with Crippen LogP contribution in [0, 0.1) is 10.8 Å². The molecular formula is C27H52N4O4. The Morgan fingerprint density at radius 2 is 1.54 bits per heavy atom. The minimum atomic E-state index is -0.717. The van der Waals surface area contributed by atoms with Crippen LogP contribution in [0.1, 0.15) is 102 Å². The highest BCUT2D eigenvalue weighted by atomic mass is 16.6. The number of hydrogen-bond acceptors (Lipinski definition) is 6. The lowest BCUT2D eigenvalue weighted by molar-refractivity contribution is -0.162. The molecule has 2 N–H and O–H groups in total. The lowest BCUT2D eigenvalue weighted by Crippen LogP contribution is -2.63. The summed E-state index contributed by atoms with van der Waals surface area (Å²) in [4.78, 5) is 42.1. The number of ether oxygens (including phenoxy) is 1. The van der Waals surface area contributed by atoms with Crippen LogP contribution in [0.4, 0.5) is 0 Å². The molecule has 1 aliphatic rings. The van der Waals surface area contributed by atoms with Gasteiger partial charge in [-0.15, -0.1) is 0 Å². The van der Waals surface area contributed by atoms with Crippen LogP contribution in [0.5, 0.6) is 0 Å². The van der Waals surface area contributed by atoms with Crippen molar-refractivity contribution in [2.75, 3.05) is 13.6 Å². The van der Waals surface area contributed by atoms with E-state index in [4.69, 9.17) is 4.74 Å². The van der Waals surface area contributed by atoms with Gasteiger partial charge in [-0.1, -0.05) is 41.5 Å². The smallest absolute Gasteiger partial charge is 0.325 e. The van der Waals surface area contributed by atoms with Crippen LogP contribution in [0.2, 0.25) is 0 Å². The highest BCUT2D eigenvalue weighted by molar-refractivity contribution is 5.90. The first kappa shape index (κ1) is 31.4. The zero-order valence-corrected chi connectivity index (χ0v) is 24.6. The van der Waals surface area contributed by atoms with Crippen LogP contribution >= 0.6 is 0 Å². The first-order valence-corrected chi connectivity index (χ1v) is 12.9. The molecule has 0 aromatic rings. The quantitative estimate of drug-likeness (QED) is 0.542. The molecule has 1 rings (SSSR count). The number of likely N-dealkylation sites (N-methyl/N-ethyl adjacent to an activating group) is 1. The zero-order chi connectivity index (χ0) is 27.6. The maximum Gasteiger partial charge on any atom is 0.325 e. The van der Waals surface area contributed by atoms with E-state index in [1.807, 2.05) is 48.6 Å². The molecular weight excluding hydrogens is 444 g/mol. The largest absolute Gasteiger partial charge is 0.459 e. The van der Waals surface area contributed by atoms with Gasteiger partial charge in [-0.25, -0.2) is 5.43 Å². The van der Waals surface area contributed by atoms with Crippen molar-refractivity contribution in [1.82, 2.24) is 20.7 Å². The van der Waals surface area contributed by atoms with Gasteiger partial charge in [0.1, 0.15) is 17.7 Å². The maximum atomic E-state index is 13.7. The fraction of sp³-hybridized carbons (Fsp3) is 0.889. The second kappa shape index (κ2) is 11.2. The Balaban J connectivity index is 3.16. The summed E-state index contributed by atoms with van der Waals surface area (Å²) in [6.45, 7) is 24.4. The molecule has 3 unspecified atom stereocenters. The number of amides is 2. The minimum absolute atomic E-state index is 0.168. The van der Waals surface area contributed by atoms with Crippen LogP contribution in [0.3, 0.4) is 0 Å². The normalized spacial score (nSPS) is 19.8. The molecule has 0 aromatic carbocycles. The molecule has 0 bridgehead atoms. The summed E-state index contributed by atoms with van der Waals surface area (Å²) in [6.07, 6.45) is 1.75. The molecule has 0 aromatic heterocycles. The second-order valence-electron chi connectivity index (χ2n) is 14.2. The van der Waals surface area contributed by atoms with Gasteiger partial charge in [0.05, 0.1) is 6.04 Å². The maximum absolute atomic E-state index is 13.7. The number of rotatable bonds is 6. The number of hydrogen-bond donors (Lipinski definition) is 2. The van der Waals surface area contributed by atoms with Gasteiger partial charge < -0.3 is 10.1 Å². The molecule has 0 aliphatic carbocycles. The molecule has 1 heterocycles. The molecule has 0 spiro atoms. The van der Waals surface area contributed by atoms with Crippen molar-refractivity contribution in [3.8, 4) is 0 Å². The van der Waals surface area contributed by atoms with E-state index >= 15 is 0 Å². The Morgan fingerprint density at radius 3 is 1.97 bits per heavy atom. The lowest BCUT2D eigenvalue weighted by atomic mass is 9.82. The summed E-state index contributed by atoms with van der Waals surface area (Å²) >= 11 is 0. The molecule has 0 saturated carbocycles. The van der Waals surface area contributed by atoms with Crippen molar-refractivity contribution < 1.29 is 19.1 Å². The molecule has 2 amide bonds. The van der Waals surface area contributed by atoms with Crippen molar-refractivity contribution in [2.24, 2.45) is 10.8 Å². The van der Waals surface area contributed by atoms with Gasteiger partial charge in [0.2, 0.25) is 5.91 Å². The Kier molecular flexibility index (Phi) is 10.00. The molecule has 1 saturated heterocycles. The van der Waals surface area contributed by atoms with Gasteiger partial charge in [0, 0.05) is 12.1 Å². The van der Waals surface area contributed by atoms with Crippen molar-refractivity contribution in [3.05, 3.63) is 0 Å². The Morgan fingerprint density at radius 1 is 1.00 bits per heavy atom. The van der Waals surface area contributed by atoms with Gasteiger partial charge in [-0.3, -0.25) is 24.3 Å². The third kappa shape index (κ3) is 10.1. The fourth-order valence-corrected chi connectivity index (χ4v) is 4.28. The standard InChI is InChI=1S/C27H52N4O4/c1-24(2,3)17-19(28-21(32)20(25(4,5)6)30(13)26(7,8)9)22(33)31-16-14-15-18(29-31)23(34)35-27(10,11)12/h18-20,29H,14-17H2,1-13H3,(H,28,32). The topological polar surface area (TPSA) is 91.0 Å². The number of carbonyl (C=O) groups excluding carboxylic acids is 3. The Hall–Kier alpha value is -1.67. The Bertz CT molecular complexity index is 753. The molecule has 0 radical (unpaired) electrons. The van der Waals surface area contributed by atoms with Crippen molar-refractivity contribution in [3.63, 3.8) is 0 Å². The van der Waals surface area contributed by atoms with E-state index in [1.54, 1.807) is 0 Å². The molecule has 3 atom stereocenters. The minimum Gasteiger partial charge on any atom is -0.459 e. The molecule has 1 aliphatic heterocycles. The third-order valence-corrected chi connectivity index (χ3v) is 6.09. The van der Waals surface area contributed by atoms with Gasteiger partial charge in [-0.2, -0.15) is 0 Å². The SMILES string of the molecule is CN(C(C(=O)NC(CC(C)(C)C)C(=O)N1CCCC(C(=O)OC(C)(C)C)N1)C(C)(C)C)C(C)(C)C. The number of carbonyl (C=O) groups is 3. The van der Waals surface area contributed by atoms with Crippen LogP contribution in [-0.4, -0.2) is 70.6 Å². The predicted octanol–water partition coefficient (Wildman–Crippen LogP) is 3.89. The van der Waals surface area contributed by atoms with Gasteiger partial charge in [0.25, 0.3) is 5.91 Å². The average Bonchev–Trinajstić information content (AvgIpc) is 2.62. The van der Waals surface area contributed by atoms with E-state index < -0.39 is 23.7 Å². The van der Waals surface area contributed by atoms with E-state index in [0.29, 0.717) is 25.8 Å². The van der Waals surface area contributed by atoms with Crippen molar-refractivity contribution in [1.29, 1.82) is 0 Å². The lowest BCUT2D eigenvalue weighted by Gasteiger charge is -2.44. The number of nitrogens with one attached hydrogen (secondary N) is 2. The zero-order valence-electron chi connectivity index (χ0n) is 24.6. The highest BCUT2D eigenvalue weighted by Gasteiger charge is 2.42. The fourth-order valence-electron chi connectivity index (χ4n) is 4.28. The monoisotopic (exact) mass is 496 g/mol. The van der Waals surface area contributed by atoms with E-state index in [0.717, 1.165) is 0 Å². The van der Waals surface area contributed by atoms with Crippen LogP contribution in [0.15, 0.2) is 0 Å². The summed E-state index contributed by atoms with van der Waals surface area (Å²) in [5, 5.41) is 4.58. The summed E-state index contributed by atoms with van der Waals surface area (Å²) in [5.41, 5.74) is 1.70. The molecule has 8 heteroatoms. The predicted molar refractivity (Wildman–Crippen MR) is 140 cm³/mol. The van der Waals surface area contributed by atoms with Gasteiger partial charge >= 0.3 is 5.97 Å². The van der Waals surface area contributed by atoms with Crippen LogP contribution in [-0.2, 0) is 19.1 Å². The number of nitrogens with zero attached hydrogens (tertiary/aromatic N) is 2. The van der Waals surface area contributed by atoms with Crippen molar-refractivity contribution in [2.45, 2.75) is 132 Å². The van der Waals surface area contributed by atoms with Crippen LogP contribution < -0.4 is 10.7 Å². The van der Waals surface area contributed by atoms with E-state index in [9.17, 15) is 14.4 Å². The summed E-state index contributed by atoms with van der Waals surface area (Å²) < 4.78 is 5.52. The summed E-state index contributed by atoms with van der Waals surface area (Å²) in [7, 11) is 1.95. The first-order valence-electron chi connectivity index (χ1n) is 12.9. The molecule has 35 heavy (non-hydrogen) atoms. The molecule has 8 nitrogen and oxygen atoms in total. The van der Waals surface area contributed by atoms with E-state index in [-0.39, 0.29) is 34.2 Å². The third-order valence-electron chi connectivity index (χ3n) is 6.09. The number of hydrazine groups is 1. The van der Waals surface area contributed by atoms with Crippen LogP contribution in [0.25, 0.3) is 0 Å². The summed E-state index contributed by atoms with van der Waals surface area (Å²) in [5.74, 6) is -0.767. The molecule has 1 fully saturated rings. The second-order valence-corrected chi connectivity index (χ2v) is 14.2. The van der Waals surface area contributed by atoms with Crippen molar-refractivity contribution >= 4 is 17.8 Å². The average molecular weight is 497 g/mol. The van der Waals surface area contributed by atoms with Gasteiger partial charge in [-0.05, 0) is 78.7 Å². The highest BCUT2D eigenvalue weighted by Crippen LogP contribution is 2.30. The first-order chi connectivity index (χ1) is 15.5. The number of esters is 1. The van der Waals surface area contributed by atoms with Gasteiger partial charge in [0.15, 0.2) is 0 Å². The summed E-state index contributed by atoms with van der Waals surface area (Å²) in [6, 6.07) is -1.74. The Labute approximate surface area is 213 Å².